The molecule has 4 heteroatoms. The Hall–Kier alpha value is -1.13. The van der Waals surface area contributed by atoms with E-state index >= 15 is 0 Å². The summed E-state index contributed by atoms with van der Waals surface area (Å²) < 4.78 is 31.2. The Labute approximate surface area is 83.8 Å². The molecule has 3 nitrogen and oxygen atoms in total. The van der Waals surface area contributed by atoms with Gasteiger partial charge in [-0.3, -0.25) is 4.55 Å². The van der Waals surface area contributed by atoms with E-state index in [2.05, 4.69) is 6.58 Å². The summed E-state index contributed by atoms with van der Waals surface area (Å²) in [4.78, 5) is -0.0301. The zero-order valence-electron chi connectivity index (χ0n) is 7.90. The fraction of sp³-hybridized carbons (Fsp3) is 0.200. The zero-order valence-corrected chi connectivity index (χ0v) is 8.71. The van der Waals surface area contributed by atoms with Crippen molar-refractivity contribution in [3.63, 3.8) is 0 Å². The van der Waals surface area contributed by atoms with Crippen molar-refractivity contribution >= 4 is 16.2 Å². The van der Waals surface area contributed by atoms with Gasteiger partial charge in [-0.05, 0) is 17.5 Å². The van der Waals surface area contributed by atoms with E-state index in [1.54, 1.807) is 18.2 Å². The summed E-state index contributed by atoms with van der Waals surface area (Å²) in [6, 6.07) is 5.02. The molecule has 0 aromatic heterocycles. The van der Waals surface area contributed by atoms with E-state index in [9.17, 15) is 8.42 Å². The van der Waals surface area contributed by atoms with E-state index in [0.29, 0.717) is 17.5 Å². The highest BCUT2D eigenvalue weighted by Crippen LogP contribution is 2.21. The molecule has 76 valence electrons. The van der Waals surface area contributed by atoms with Crippen LogP contribution in [0, 0.1) is 0 Å². The Balaban J connectivity index is 3.58. The van der Waals surface area contributed by atoms with Crippen LogP contribution in [0.3, 0.4) is 0 Å². The summed E-state index contributed by atoms with van der Waals surface area (Å²) in [5, 5.41) is 0. The van der Waals surface area contributed by atoms with E-state index in [1.807, 2.05) is 6.92 Å². The highest BCUT2D eigenvalue weighted by atomic mass is 32.2. The van der Waals surface area contributed by atoms with Crippen molar-refractivity contribution in [2.45, 2.75) is 18.2 Å². The van der Waals surface area contributed by atoms with E-state index in [0.717, 1.165) is 0 Å². The van der Waals surface area contributed by atoms with Crippen LogP contribution in [-0.2, 0) is 16.5 Å². The molecule has 0 bridgehead atoms. The second-order valence-corrected chi connectivity index (χ2v) is 4.23. The lowest BCUT2D eigenvalue weighted by Gasteiger charge is -2.07. The Bertz CT molecular complexity index is 446. The van der Waals surface area contributed by atoms with Gasteiger partial charge >= 0.3 is 0 Å². The predicted octanol–water partition coefficient (Wildman–Crippen LogP) is 2.14. The van der Waals surface area contributed by atoms with Crippen LogP contribution in [0.5, 0.6) is 0 Å². The molecular formula is C10H12O3S. The van der Waals surface area contributed by atoms with Gasteiger partial charge in [0.15, 0.2) is 0 Å². The molecule has 0 unspecified atom stereocenters. The maximum atomic E-state index is 11.1. The van der Waals surface area contributed by atoms with Crippen molar-refractivity contribution in [3.05, 3.63) is 35.9 Å². The predicted molar refractivity (Wildman–Crippen MR) is 55.7 cm³/mol. The van der Waals surface area contributed by atoms with Gasteiger partial charge in [-0.25, -0.2) is 0 Å². The molecule has 0 amide bonds. The highest BCUT2D eigenvalue weighted by Gasteiger charge is 2.17. The average Bonchev–Trinajstić information content (AvgIpc) is 2.15. The van der Waals surface area contributed by atoms with Gasteiger partial charge in [-0.15, -0.1) is 0 Å². The molecule has 1 rings (SSSR count). The van der Waals surface area contributed by atoms with Crippen LogP contribution < -0.4 is 0 Å². The lowest BCUT2D eigenvalue weighted by atomic mass is 10.1. The summed E-state index contributed by atoms with van der Waals surface area (Å²) in [5.74, 6) is 0. The molecule has 0 radical (unpaired) electrons. The van der Waals surface area contributed by atoms with Crippen molar-refractivity contribution in [2.24, 2.45) is 0 Å². The normalized spacial score (nSPS) is 11.3. The number of benzene rings is 1. The first-order valence-corrected chi connectivity index (χ1v) is 5.66. The van der Waals surface area contributed by atoms with Gasteiger partial charge in [0.1, 0.15) is 4.90 Å². The Morgan fingerprint density at radius 1 is 1.50 bits per heavy atom. The van der Waals surface area contributed by atoms with Crippen molar-refractivity contribution in [1.82, 2.24) is 0 Å². The van der Waals surface area contributed by atoms with Gasteiger partial charge in [0.05, 0.1) is 0 Å². The summed E-state index contributed by atoms with van der Waals surface area (Å²) in [5.41, 5.74) is 1.04. The van der Waals surface area contributed by atoms with Crippen LogP contribution in [0.1, 0.15) is 18.1 Å². The third kappa shape index (κ3) is 2.02. The first kappa shape index (κ1) is 10.9. The van der Waals surface area contributed by atoms with E-state index in [4.69, 9.17) is 4.55 Å². The van der Waals surface area contributed by atoms with Crippen LogP contribution in [0.25, 0.3) is 6.08 Å². The minimum absolute atomic E-state index is 0.0301. The molecule has 1 aromatic rings. The first-order chi connectivity index (χ1) is 6.50. The molecule has 0 aliphatic rings. The van der Waals surface area contributed by atoms with Gasteiger partial charge in [-0.2, -0.15) is 8.42 Å². The molecule has 0 heterocycles. The van der Waals surface area contributed by atoms with Gasteiger partial charge in [0.25, 0.3) is 10.1 Å². The van der Waals surface area contributed by atoms with Crippen molar-refractivity contribution in [2.75, 3.05) is 0 Å². The molecule has 0 atom stereocenters. The fourth-order valence-electron chi connectivity index (χ4n) is 1.36. The number of aryl methyl sites for hydroxylation is 1. The van der Waals surface area contributed by atoms with Crippen molar-refractivity contribution < 1.29 is 13.0 Å². The monoisotopic (exact) mass is 212 g/mol. The van der Waals surface area contributed by atoms with Crippen molar-refractivity contribution in [1.29, 1.82) is 0 Å². The van der Waals surface area contributed by atoms with Crippen LogP contribution >= 0.6 is 0 Å². The zero-order chi connectivity index (χ0) is 10.8. The maximum Gasteiger partial charge on any atom is 0.295 e. The summed E-state index contributed by atoms with van der Waals surface area (Å²) >= 11 is 0. The average molecular weight is 212 g/mol. The topological polar surface area (TPSA) is 54.4 Å². The summed E-state index contributed by atoms with van der Waals surface area (Å²) in [6.45, 7) is 5.34. The lowest BCUT2D eigenvalue weighted by molar-refractivity contribution is 0.482. The molecule has 0 aliphatic heterocycles. The number of hydrogen-bond acceptors (Lipinski definition) is 2. The molecule has 14 heavy (non-hydrogen) atoms. The van der Waals surface area contributed by atoms with Gasteiger partial charge in [0, 0.05) is 0 Å². The maximum absolute atomic E-state index is 11.1. The van der Waals surface area contributed by atoms with E-state index in [-0.39, 0.29) is 4.90 Å². The Morgan fingerprint density at radius 3 is 2.57 bits per heavy atom. The van der Waals surface area contributed by atoms with Gasteiger partial charge in [0.2, 0.25) is 0 Å². The quantitative estimate of drug-likeness (QED) is 0.781. The van der Waals surface area contributed by atoms with E-state index < -0.39 is 10.1 Å². The summed E-state index contributed by atoms with van der Waals surface area (Å²) in [6.07, 6.45) is 1.97. The second-order valence-electron chi connectivity index (χ2n) is 2.87. The van der Waals surface area contributed by atoms with Crippen LogP contribution in [-0.4, -0.2) is 13.0 Å². The largest absolute Gasteiger partial charge is 0.295 e. The third-order valence-corrected chi connectivity index (χ3v) is 3.00. The molecule has 0 spiro atoms. The number of hydrogen-bond donors (Lipinski definition) is 1. The lowest BCUT2D eigenvalue weighted by Crippen LogP contribution is -2.05. The SMILES string of the molecule is C=Cc1cccc(CC)c1S(=O)(=O)O. The van der Waals surface area contributed by atoms with Crippen LogP contribution in [0.4, 0.5) is 0 Å². The molecule has 0 aliphatic carbocycles. The molecule has 0 saturated carbocycles. The third-order valence-electron chi connectivity index (χ3n) is 1.99. The summed E-state index contributed by atoms with van der Waals surface area (Å²) in [7, 11) is -4.16. The van der Waals surface area contributed by atoms with E-state index in [1.165, 1.54) is 6.08 Å². The molecule has 0 saturated heterocycles. The molecular weight excluding hydrogens is 200 g/mol. The molecule has 1 N–H and O–H groups in total. The first-order valence-electron chi connectivity index (χ1n) is 4.22. The fourth-order valence-corrected chi connectivity index (χ4v) is 2.35. The Kier molecular flexibility index (Phi) is 3.08. The minimum atomic E-state index is -4.16. The Morgan fingerprint density at radius 2 is 2.14 bits per heavy atom. The van der Waals surface area contributed by atoms with Crippen molar-refractivity contribution in [3.8, 4) is 0 Å². The van der Waals surface area contributed by atoms with Gasteiger partial charge in [-0.1, -0.05) is 37.8 Å². The second kappa shape index (κ2) is 3.94. The highest BCUT2D eigenvalue weighted by molar-refractivity contribution is 7.86. The van der Waals surface area contributed by atoms with Gasteiger partial charge < -0.3 is 0 Å². The smallest absolute Gasteiger partial charge is 0.282 e. The van der Waals surface area contributed by atoms with Crippen LogP contribution in [0.2, 0.25) is 0 Å². The minimum Gasteiger partial charge on any atom is -0.282 e. The number of rotatable bonds is 3. The molecule has 0 fully saturated rings. The standard InChI is InChI=1S/C10H12O3S/c1-3-8-6-5-7-9(4-2)10(8)14(11,12)13/h3,5-7H,1,4H2,2H3,(H,11,12,13). The molecule has 1 aromatic carbocycles. The van der Waals surface area contributed by atoms with Crippen LogP contribution in [0.15, 0.2) is 29.7 Å².